The molecule has 0 amide bonds. The quantitative estimate of drug-likeness (QED) is 0.718. The predicted octanol–water partition coefficient (Wildman–Crippen LogP) is 2.45. The van der Waals surface area contributed by atoms with E-state index in [-0.39, 0.29) is 6.04 Å². The Labute approximate surface area is 77.8 Å². The van der Waals surface area contributed by atoms with Gasteiger partial charge in [0, 0.05) is 12.2 Å². The Balaban J connectivity index is 2.96. The van der Waals surface area contributed by atoms with Crippen molar-refractivity contribution in [3.63, 3.8) is 0 Å². The molecule has 0 aliphatic heterocycles. The molecular weight excluding hydrogens is 172 g/mol. The second-order valence-electron chi connectivity index (χ2n) is 2.89. The molecule has 1 heterocycles. The minimum absolute atomic E-state index is 0.0773. The molecule has 0 aromatic carbocycles. The number of hydrogen-bond acceptors (Lipinski definition) is 2. The van der Waals surface area contributed by atoms with E-state index >= 15 is 0 Å². The average molecular weight is 185 g/mol. The summed E-state index contributed by atoms with van der Waals surface area (Å²) in [4.78, 5) is 4.03. The summed E-state index contributed by atoms with van der Waals surface area (Å²) in [6.07, 6.45) is 2.66. The summed E-state index contributed by atoms with van der Waals surface area (Å²) < 4.78 is 0. The number of pyridine rings is 1. The molecule has 1 aromatic heterocycles. The summed E-state index contributed by atoms with van der Waals surface area (Å²) in [7, 11) is 0. The highest BCUT2D eigenvalue weighted by Gasteiger charge is 2.05. The second-order valence-corrected chi connectivity index (χ2v) is 3.25. The number of hydrogen-bond donors (Lipinski definition) is 1. The topological polar surface area (TPSA) is 38.9 Å². The normalized spacial score (nSPS) is 13.0. The van der Waals surface area contributed by atoms with Crippen LogP contribution in [0.5, 0.6) is 0 Å². The number of nitrogens with two attached hydrogens (primary N) is 1. The maximum atomic E-state index is 5.83. The van der Waals surface area contributed by atoms with Gasteiger partial charge in [-0.1, -0.05) is 18.5 Å². The van der Waals surface area contributed by atoms with Crippen molar-refractivity contribution < 1.29 is 0 Å². The van der Waals surface area contributed by atoms with E-state index in [1.165, 1.54) is 0 Å². The van der Waals surface area contributed by atoms with Crippen LogP contribution < -0.4 is 5.73 Å². The molecule has 1 atom stereocenters. The lowest BCUT2D eigenvalue weighted by Crippen LogP contribution is -2.09. The van der Waals surface area contributed by atoms with Crippen LogP contribution in [0.4, 0.5) is 0 Å². The van der Waals surface area contributed by atoms with Gasteiger partial charge in [-0.2, -0.15) is 0 Å². The first-order valence-electron chi connectivity index (χ1n) is 4.02. The molecule has 2 N–H and O–H groups in total. The zero-order valence-corrected chi connectivity index (χ0v) is 8.10. The van der Waals surface area contributed by atoms with Crippen molar-refractivity contribution in [1.82, 2.24) is 4.98 Å². The summed E-state index contributed by atoms with van der Waals surface area (Å²) in [5.74, 6) is 0. The minimum Gasteiger partial charge on any atom is -0.324 e. The van der Waals surface area contributed by atoms with Crippen molar-refractivity contribution in [2.75, 3.05) is 0 Å². The van der Waals surface area contributed by atoms with Gasteiger partial charge in [0.1, 0.15) is 5.15 Å². The third-order valence-corrected chi connectivity index (χ3v) is 2.30. The van der Waals surface area contributed by atoms with Crippen molar-refractivity contribution >= 4 is 11.6 Å². The second kappa shape index (κ2) is 3.87. The number of nitrogens with zero attached hydrogens (tertiary/aromatic N) is 1. The standard InChI is InChI=1S/C9H13ClN2/c1-3-8(11)7-4-6(2)9(10)12-5-7/h4-5,8H,3,11H2,1-2H3/t8-/m1/s1. The van der Waals surface area contributed by atoms with Crippen LogP contribution >= 0.6 is 11.6 Å². The van der Waals surface area contributed by atoms with Gasteiger partial charge >= 0.3 is 0 Å². The molecule has 0 radical (unpaired) electrons. The van der Waals surface area contributed by atoms with Gasteiger partial charge in [-0.25, -0.2) is 4.98 Å². The third-order valence-electron chi connectivity index (χ3n) is 1.90. The SMILES string of the molecule is CC[C@@H](N)c1cnc(Cl)c(C)c1. The lowest BCUT2D eigenvalue weighted by Gasteiger charge is -2.09. The fourth-order valence-electron chi connectivity index (χ4n) is 1.02. The van der Waals surface area contributed by atoms with Crippen molar-refractivity contribution in [2.45, 2.75) is 26.3 Å². The number of rotatable bonds is 2. The zero-order valence-electron chi connectivity index (χ0n) is 7.34. The van der Waals surface area contributed by atoms with Gasteiger partial charge in [0.25, 0.3) is 0 Å². The largest absolute Gasteiger partial charge is 0.324 e. The van der Waals surface area contributed by atoms with E-state index in [0.717, 1.165) is 17.5 Å². The van der Waals surface area contributed by atoms with Crippen LogP contribution in [0.2, 0.25) is 5.15 Å². The summed E-state index contributed by atoms with van der Waals surface area (Å²) in [6, 6.07) is 2.07. The Kier molecular flexibility index (Phi) is 3.06. The number of aromatic nitrogens is 1. The van der Waals surface area contributed by atoms with E-state index in [1.54, 1.807) is 6.20 Å². The van der Waals surface area contributed by atoms with E-state index in [9.17, 15) is 0 Å². The van der Waals surface area contributed by atoms with E-state index < -0.39 is 0 Å². The van der Waals surface area contributed by atoms with Crippen LogP contribution in [0.25, 0.3) is 0 Å². The summed E-state index contributed by atoms with van der Waals surface area (Å²) in [6.45, 7) is 3.98. The zero-order chi connectivity index (χ0) is 9.14. The third kappa shape index (κ3) is 1.96. The molecule has 0 unspecified atom stereocenters. The lowest BCUT2D eigenvalue weighted by molar-refractivity contribution is 0.694. The van der Waals surface area contributed by atoms with Crippen molar-refractivity contribution in [3.05, 3.63) is 28.5 Å². The van der Waals surface area contributed by atoms with Gasteiger partial charge in [0.05, 0.1) is 0 Å². The van der Waals surface area contributed by atoms with E-state index in [4.69, 9.17) is 17.3 Å². The highest BCUT2D eigenvalue weighted by atomic mass is 35.5. The maximum Gasteiger partial charge on any atom is 0.131 e. The van der Waals surface area contributed by atoms with Crippen LogP contribution in [0.1, 0.15) is 30.5 Å². The van der Waals surface area contributed by atoms with Gasteiger partial charge in [-0.05, 0) is 30.5 Å². The predicted molar refractivity (Wildman–Crippen MR) is 51.2 cm³/mol. The fraction of sp³-hybridized carbons (Fsp3) is 0.444. The number of aryl methyl sites for hydroxylation is 1. The van der Waals surface area contributed by atoms with Gasteiger partial charge < -0.3 is 5.73 Å². The molecule has 0 saturated heterocycles. The molecule has 12 heavy (non-hydrogen) atoms. The first-order chi connectivity index (χ1) is 5.65. The fourth-order valence-corrected chi connectivity index (χ4v) is 1.12. The Morgan fingerprint density at radius 3 is 2.83 bits per heavy atom. The minimum atomic E-state index is 0.0773. The number of halogens is 1. The van der Waals surface area contributed by atoms with Gasteiger partial charge in [-0.3, -0.25) is 0 Å². The first kappa shape index (κ1) is 9.49. The van der Waals surface area contributed by atoms with E-state index in [0.29, 0.717) is 5.15 Å². The van der Waals surface area contributed by atoms with Gasteiger partial charge in [0.15, 0.2) is 0 Å². The van der Waals surface area contributed by atoms with Crippen LogP contribution in [0, 0.1) is 6.92 Å². The molecule has 1 aromatic rings. The molecular formula is C9H13ClN2. The average Bonchev–Trinajstić information content (AvgIpc) is 2.08. The Morgan fingerprint density at radius 2 is 2.33 bits per heavy atom. The summed E-state index contributed by atoms with van der Waals surface area (Å²) >= 11 is 5.78. The van der Waals surface area contributed by atoms with Crippen LogP contribution in [0.3, 0.4) is 0 Å². The smallest absolute Gasteiger partial charge is 0.131 e. The molecule has 0 fully saturated rings. The van der Waals surface area contributed by atoms with Crippen LogP contribution in [0.15, 0.2) is 12.3 Å². The molecule has 0 saturated carbocycles. The molecule has 2 nitrogen and oxygen atoms in total. The maximum absolute atomic E-state index is 5.83. The van der Waals surface area contributed by atoms with Crippen molar-refractivity contribution in [1.29, 1.82) is 0 Å². The molecule has 1 rings (SSSR count). The molecule has 3 heteroatoms. The van der Waals surface area contributed by atoms with Crippen LogP contribution in [-0.4, -0.2) is 4.98 Å². The highest BCUT2D eigenvalue weighted by molar-refractivity contribution is 6.30. The van der Waals surface area contributed by atoms with Gasteiger partial charge in [0.2, 0.25) is 0 Å². The molecule has 0 spiro atoms. The lowest BCUT2D eigenvalue weighted by atomic mass is 10.1. The molecule has 0 bridgehead atoms. The van der Waals surface area contributed by atoms with E-state index in [1.807, 2.05) is 13.0 Å². The Hall–Kier alpha value is -0.600. The Morgan fingerprint density at radius 1 is 1.67 bits per heavy atom. The van der Waals surface area contributed by atoms with Crippen molar-refractivity contribution in [3.8, 4) is 0 Å². The van der Waals surface area contributed by atoms with E-state index in [2.05, 4.69) is 11.9 Å². The van der Waals surface area contributed by atoms with Crippen molar-refractivity contribution in [2.24, 2.45) is 5.73 Å². The van der Waals surface area contributed by atoms with Gasteiger partial charge in [-0.15, -0.1) is 0 Å². The Bertz CT molecular complexity index is 273. The monoisotopic (exact) mass is 184 g/mol. The molecule has 0 aliphatic rings. The summed E-state index contributed by atoms with van der Waals surface area (Å²) in [5.41, 5.74) is 7.87. The van der Waals surface area contributed by atoms with Crippen LogP contribution in [-0.2, 0) is 0 Å². The summed E-state index contributed by atoms with van der Waals surface area (Å²) in [5, 5.41) is 0.557. The molecule has 0 aliphatic carbocycles. The highest BCUT2D eigenvalue weighted by Crippen LogP contribution is 2.18. The first-order valence-corrected chi connectivity index (χ1v) is 4.40. The molecule has 66 valence electrons.